The molecule has 90 valence electrons. The van der Waals surface area contributed by atoms with Crippen LogP contribution >= 0.6 is 0 Å². The van der Waals surface area contributed by atoms with Gasteiger partial charge in [0.25, 0.3) is 0 Å². The predicted molar refractivity (Wildman–Crippen MR) is 65.9 cm³/mol. The van der Waals surface area contributed by atoms with Gasteiger partial charge in [-0.1, -0.05) is 12.1 Å². The van der Waals surface area contributed by atoms with E-state index in [0.29, 0.717) is 12.4 Å². The molecule has 1 unspecified atom stereocenters. The Morgan fingerprint density at radius 3 is 2.81 bits per heavy atom. The highest BCUT2D eigenvalue weighted by atomic mass is 16.5. The molecule has 1 aromatic carbocycles. The van der Waals surface area contributed by atoms with Gasteiger partial charge in [-0.25, -0.2) is 0 Å². The molecular formula is C13H21NO2. The van der Waals surface area contributed by atoms with Crippen molar-refractivity contribution in [2.24, 2.45) is 5.73 Å². The van der Waals surface area contributed by atoms with Crippen LogP contribution in [0.5, 0.6) is 11.5 Å². The van der Waals surface area contributed by atoms with Gasteiger partial charge in [-0.15, -0.1) is 0 Å². The molecule has 1 aromatic rings. The van der Waals surface area contributed by atoms with E-state index in [1.165, 1.54) is 0 Å². The van der Waals surface area contributed by atoms with E-state index in [1.54, 1.807) is 6.07 Å². The van der Waals surface area contributed by atoms with Crippen molar-refractivity contribution in [3.63, 3.8) is 0 Å². The smallest absolute Gasteiger partial charge is 0.161 e. The summed E-state index contributed by atoms with van der Waals surface area (Å²) in [6, 6.07) is 5.84. The molecule has 3 nitrogen and oxygen atoms in total. The topological polar surface area (TPSA) is 55.5 Å². The maximum atomic E-state index is 9.93. The lowest BCUT2D eigenvalue weighted by atomic mass is 10.0. The molecule has 0 radical (unpaired) electrons. The van der Waals surface area contributed by atoms with Crippen molar-refractivity contribution in [1.82, 2.24) is 0 Å². The lowest BCUT2D eigenvalue weighted by Gasteiger charge is -2.10. The van der Waals surface area contributed by atoms with Crippen molar-refractivity contribution in [2.75, 3.05) is 6.61 Å². The van der Waals surface area contributed by atoms with E-state index in [9.17, 15) is 5.11 Å². The van der Waals surface area contributed by atoms with Crippen LogP contribution in [0.1, 0.15) is 32.3 Å². The van der Waals surface area contributed by atoms with E-state index >= 15 is 0 Å². The number of rotatable bonds is 6. The third-order valence-electron chi connectivity index (χ3n) is 2.49. The summed E-state index contributed by atoms with van der Waals surface area (Å²) in [5, 5.41) is 9.93. The van der Waals surface area contributed by atoms with E-state index in [4.69, 9.17) is 10.5 Å². The Bertz CT molecular complexity index is 324. The third kappa shape index (κ3) is 3.74. The maximum absolute atomic E-state index is 9.93. The Labute approximate surface area is 97.2 Å². The standard InChI is InChI=1S/C13H21NO2/c1-3-16-12-9-5-8-11(13(12)15)7-4-6-10(2)14/h5,8-10,15H,3-4,6-7,14H2,1-2H3. The van der Waals surface area contributed by atoms with Crippen LogP contribution in [0.15, 0.2) is 18.2 Å². The molecule has 0 fully saturated rings. The molecule has 0 aliphatic rings. The second kappa shape index (κ2) is 6.38. The average Bonchev–Trinajstić information content (AvgIpc) is 2.23. The van der Waals surface area contributed by atoms with Crippen LogP contribution in [-0.4, -0.2) is 17.8 Å². The number of benzene rings is 1. The normalized spacial score (nSPS) is 12.4. The van der Waals surface area contributed by atoms with Crippen LogP contribution < -0.4 is 10.5 Å². The molecule has 16 heavy (non-hydrogen) atoms. The zero-order valence-electron chi connectivity index (χ0n) is 10.1. The van der Waals surface area contributed by atoms with Crippen molar-refractivity contribution in [1.29, 1.82) is 0 Å². The van der Waals surface area contributed by atoms with Gasteiger partial charge < -0.3 is 15.6 Å². The number of aromatic hydroxyl groups is 1. The fourth-order valence-electron chi connectivity index (χ4n) is 1.66. The first kappa shape index (κ1) is 12.8. The first-order valence-corrected chi connectivity index (χ1v) is 5.84. The first-order chi connectivity index (χ1) is 7.65. The van der Waals surface area contributed by atoms with Crippen LogP contribution in [-0.2, 0) is 6.42 Å². The molecule has 0 aliphatic heterocycles. The fraction of sp³-hybridized carbons (Fsp3) is 0.538. The summed E-state index contributed by atoms with van der Waals surface area (Å²) in [6.45, 7) is 4.47. The summed E-state index contributed by atoms with van der Waals surface area (Å²) in [7, 11) is 0. The first-order valence-electron chi connectivity index (χ1n) is 5.84. The van der Waals surface area contributed by atoms with Gasteiger partial charge in [0.1, 0.15) is 0 Å². The van der Waals surface area contributed by atoms with Crippen molar-refractivity contribution in [3.05, 3.63) is 23.8 Å². The Morgan fingerprint density at radius 1 is 1.44 bits per heavy atom. The quantitative estimate of drug-likeness (QED) is 0.779. The summed E-state index contributed by atoms with van der Waals surface area (Å²) in [6.07, 6.45) is 2.80. The Kier molecular flexibility index (Phi) is 5.12. The summed E-state index contributed by atoms with van der Waals surface area (Å²) >= 11 is 0. The third-order valence-corrected chi connectivity index (χ3v) is 2.49. The fourth-order valence-corrected chi connectivity index (χ4v) is 1.66. The molecule has 0 spiro atoms. The van der Waals surface area contributed by atoms with Crippen LogP contribution in [0.3, 0.4) is 0 Å². The Hall–Kier alpha value is -1.22. The number of hydrogen-bond donors (Lipinski definition) is 2. The SMILES string of the molecule is CCOc1cccc(CCCC(C)N)c1O. The zero-order valence-corrected chi connectivity index (χ0v) is 10.1. The Morgan fingerprint density at radius 2 is 2.19 bits per heavy atom. The number of aryl methyl sites for hydroxylation is 1. The molecule has 1 rings (SSSR count). The van der Waals surface area contributed by atoms with Crippen molar-refractivity contribution < 1.29 is 9.84 Å². The molecular weight excluding hydrogens is 202 g/mol. The van der Waals surface area contributed by atoms with Crippen LogP contribution in [0.4, 0.5) is 0 Å². The molecule has 0 amide bonds. The van der Waals surface area contributed by atoms with Gasteiger partial charge in [-0.3, -0.25) is 0 Å². The summed E-state index contributed by atoms with van der Waals surface area (Å²) in [5.74, 6) is 0.842. The van der Waals surface area contributed by atoms with Gasteiger partial charge in [-0.05, 0) is 44.7 Å². The second-order valence-electron chi connectivity index (χ2n) is 4.07. The molecule has 0 heterocycles. The number of ether oxygens (including phenoxy) is 1. The second-order valence-corrected chi connectivity index (χ2v) is 4.07. The van der Waals surface area contributed by atoms with Crippen LogP contribution in [0, 0.1) is 0 Å². The number of hydrogen-bond acceptors (Lipinski definition) is 3. The molecule has 1 atom stereocenters. The van der Waals surface area contributed by atoms with E-state index in [2.05, 4.69) is 0 Å². The molecule has 3 heteroatoms. The molecule has 0 saturated carbocycles. The number of phenols is 1. The largest absolute Gasteiger partial charge is 0.504 e. The minimum atomic E-state index is 0.220. The Balaban J connectivity index is 2.62. The predicted octanol–water partition coefficient (Wildman–Crippen LogP) is 2.46. The maximum Gasteiger partial charge on any atom is 0.161 e. The lowest BCUT2D eigenvalue weighted by Crippen LogP contribution is -2.14. The summed E-state index contributed by atoms with van der Waals surface area (Å²) in [5.41, 5.74) is 6.62. The van der Waals surface area contributed by atoms with Gasteiger partial charge in [-0.2, -0.15) is 0 Å². The van der Waals surface area contributed by atoms with E-state index in [1.807, 2.05) is 26.0 Å². The monoisotopic (exact) mass is 223 g/mol. The molecule has 0 saturated heterocycles. The van der Waals surface area contributed by atoms with Crippen molar-refractivity contribution in [3.8, 4) is 11.5 Å². The minimum Gasteiger partial charge on any atom is -0.504 e. The lowest BCUT2D eigenvalue weighted by molar-refractivity contribution is 0.316. The summed E-state index contributed by atoms with van der Waals surface area (Å²) < 4.78 is 5.33. The number of phenolic OH excluding ortho intramolecular Hbond substituents is 1. The van der Waals surface area contributed by atoms with Crippen molar-refractivity contribution >= 4 is 0 Å². The number of nitrogens with two attached hydrogens (primary N) is 1. The van der Waals surface area contributed by atoms with E-state index in [0.717, 1.165) is 24.8 Å². The highest BCUT2D eigenvalue weighted by Gasteiger charge is 2.07. The highest BCUT2D eigenvalue weighted by molar-refractivity contribution is 5.45. The average molecular weight is 223 g/mol. The van der Waals surface area contributed by atoms with Gasteiger partial charge >= 0.3 is 0 Å². The van der Waals surface area contributed by atoms with E-state index < -0.39 is 0 Å². The highest BCUT2D eigenvalue weighted by Crippen LogP contribution is 2.30. The molecule has 0 aliphatic carbocycles. The van der Waals surface area contributed by atoms with Gasteiger partial charge in [0.2, 0.25) is 0 Å². The van der Waals surface area contributed by atoms with Crippen molar-refractivity contribution in [2.45, 2.75) is 39.2 Å². The number of para-hydroxylation sites is 1. The summed E-state index contributed by atoms with van der Waals surface area (Å²) in [4.78, 5) is 0. The minimum absolute atomic E-state index is 0.220. The van der Waals surface area contributed by atoms with E-state index in [-0.39, 0.29) is 11.8 Å². The van der Waals surface area contributed by atoms with Crippen LogP contribution in [0.2, 0.25) is 0 Å². The molecule has 0 aromatic heterocycles. The molecule has 0 bridgehead atoms. The van der Waals surface area contributed by atoms with Gasteiger partial charge in [0.15, 0.2) is 11.5 Å². The molecule has 3 N–H and O–H groups in total. The van der Waals surface area contributed by atoms with Crippen LogP contribution in [0.25, 0.3) is 0 Å². The van der Waals surface area contributed by atoms with Gasteiger partial charge in [0, 0.05) is 6.04 Å². The zero-order chi connectivity index (χ0) is 12.0. The van der Waals surface area contributed by atoms with Gasteiger partial charge in [0.05, 0.1) is 6.61 Å².